The number of alkyl halides is 2. The van der Waals surface area contributed by atoms with Crippen LogP contribution in [0.5, 0.6) is 0 Å². The van der Waals surface area contributed by atoms with Crippen molar-refractivity contribution in [1.29, 1.82) is 0 Å². The first-order valence-corrected chi connectivity index (χ1v) is 5.49. The van der Waals surface area contributed by atoms with Gasteiger partial charge in [0.2, 0.25) is 0 Å². The van der Waals surface area contributed by atoms with Crippen LogP contribution in [-0.2, 0) is 4.74 Å². The van der Waals surface area contributed by atoms with Gasteiger partial charge in [-0.25, -0.2) is 8.78 Å². The number of ether oxygens (including phenoxy) is 1. The maximum Gasteiger partial charge on any atom is 0.270 e. The van der Waals surface area contributed by atoms with E-state index in [4.69, 9.17) is 0 Å². The number of hydrogen-bond donors (Lipinski definition) is 0. The smallest absolute Gasteiger partial charge is 0.270 e. The Morgan fingerprint density at radius 2 is 1.50 bits per heavy atom. The Morgan fingerprint density at radius 3 is 1.79 bits per heavy atom. The first kappa shape index (κ1) is 19.4. The normalized spacial score (nSPS) is 9.43. The van der Waals surface area contributed by atoms with E-state index in [1.54, 1.807) is 0 Å². The monoisotopic (exact) mass is 212 g/mol. The first-order chi connectivity index (χ1) is 6.62. The molecule has 0 atom stereocenters. The van der Waals surface area contributed by atoms with Crippen LogP contribution in [0.1, 0.15) is 53.9 Å². The Kier molecular flexibility index (Phi) is 21.2. The maximum atomic E-state index is 12.5. The molecule has 0 aromatic heterocycles. The van der Waals surface area contributed by atoms with E-state index in [-0.39, 0.29) is 6.42 Å². The molecule has 14 heavy (non-hydrogen) atoms. The third-order valence-electron chi connectivity index (χ3n) is 1.25. The molecular weight excluding hydrogens is 186 g/mol. The van der Waals surface area contributed by atoms with E-state index in [9.17, 15) is 8.78 Å². The minimum absolute atomic E-state index is 0.0582. The highest BCUT2D eigenvalue weighted by Crippen LogP contribution is 2.20. The van der Waals surface area contributed by atoms with Crippen molar-refractivity contribution in [1.82, 2.24) is 0 Å². The average molecular weight is 212 g/mol. The third-order valence-corrected chi connectivity index (χ3v) is 1.25. The molecule has 0 aromatic rings. The van der Waals surface area contributed by atoms with Crippen molar-refractivity contribution in [3.8, 4) is 0 Å². The summed E-state index contributed by atoms with van der Waals surface area (Å²) in [6.45, 7) is 9.44. The van der Waals surface area contributed by atoms with Gasteiger partial charge >= 0.3 is 0 Å². The quantitative estimate of drug-likeness (QED) is 0.651. The highest BCUT2D eigenvalue weighted by Gasteiger charge is 2.27. The van der Waals surface area contributed by atoms with Gasteiger partial charge in [0.25, 0.3) is 5.92 Å². The summed E-state index contributed by atoms with van der Waals surface area (Å²) in [6, 6.07) is 0. The SMILES string of the molecule is CC.CC.CCCCC(F)(F)COC. The van der Waals surface area contributed by atoms with Crippen LogP contribution >= 0.6 is 0 Å². The standard InChI is InChI=1S/C7H14F2O.2C2H6/c1-3-4-5-7(8,9)6-10-2;2*1-2/h3-6H2,1-2H3;2*1-2H3. The van der Waals surface area contributed by atoms with Crippen LogP contribution in [0.3, 0.4) is 0 Å². The lowest BCUT2D eigenvalue weighted by atomic mass is 10.1. The molecule has 0 amide bonds. The van der Waals surface area contributed by atoms with Gasteiger partial charge in [-0.05, 0) is 6.42 Å². The van der Waals surface area contributed by atoms with Gasteiger partial charge in [0.05, 0.1) is 0 Å². The van der Waals surface area contributed by atoms with Crippen molar-refractivity contribution < 1.29 is 13.5 Å². The molecule has 90 valence electrons. The van der Waals surface area contributed by atoms with Gasteiger partial charge in [0.1, 0.15) is 6.61 Å². The molecule has 0 unspecified atom stereocenters. The molecule has 0 spiro atoms. The van der Waals surface area contributed by atoms with Gasteiger partial charge in [0, 0.05) is 13.5 Å². The van der Waals surface area contributed by atoms with E-state index in [2.05, 4.69) is 4.74 Å². The van der Waals surface area contributed by atoms with Crippen molar-refractivity contribution in [2.45, 2.75) is 59.8 Å². The van der Waals surface area contributed by atoms with Crippen molar-refractivity contribution >= 4 is 0 Å². The lowest BCUT2D eigenvalue weighted by Crippen LogP contribution is -2.22. The molecule has 0 heterocycles. The molecule has 0 rings (SSSR count). The van der Waals surface area contributed by atoms with Crippen molar-refractivity contribution in [3.05, 3.63) is 0 Å². The minimum Gasteiger partial charge on any atom is -0.378 e. The number of halogens is 2. The number of hydrogen-bond acceptors (Lipinski definition) is 1. The topological polar surface area (TPSA) is 9.23 Å². The second-order valence-electron chi connectivity index (χ2n) is 2.39. The molecule has 0 aliphatic rings. The van der Waals surface area contributed by atoms with E-state index >= 15 is 0 Å². The first-order valence-electron chi connectivity index (χ1n) is 5.49. The molecule has 0 N–H and O–H groups in total. The molecular formula is C11H26F2O. The van der Waals surface area contributed by atoms with E-state index < -0.39 is 12.5 Å². The highest BCUT2D eigenvalue weighted by atomic mass is 19.3. The van der Waals surface area contributed by atoms with Crippen LogP contribution in [0.2, 0.25) is 0 Å². The van der Waals surface area contributed by atoms with Gasteiger partial charge in [-0.15, -0.1) is 0 Å². The van der Waals surface area contributed by atoms with Crippen LogP contribution in [-0.4, -0.2) is 19.6 Å². The van der Waals surface area contributed by atoms with Crippen LogP contribution in [0, 0.1) is 0 Å². The fourth-order valence-electron chi connectivity index (χ4n) is 0.719. The Morgan fingerprint density at radius 1 is 1.07 bits per heavy atom. The van der Waals surface area contributed by atoms with Crippen molar-refractivity contribution in [2.24, 2.45) is 0 Å². The third kappa shape index (κ3) is 17.8. The van der Waals surface area contributed by atoms with E-state index in [1.807, 2.05) is 34.6 Å². The number of rotatable bonds is 5. The largest absolute Gasteiger partial charge is 0.378 e. The lowest BCUT2D eigenvalue weighted by molar-refractivity contribution is -0.0709. The van der Waals surface area contributed by atoms with Crippen LogP contribution in [0.25, 0.3) is 0 Å². The zero-order valence-corrected chi connectivity index (χ0v) is 10.5. The molecule has 0 fully saturated rings. The van der Waals surface area contributed by atoms with E-state index in [0.717, 1.165) is 6.42 Å². The summed E-state index contributed by atoms with van der Waals surface area (Å²) >= 11 is 0. The molecule has 0 aliphatic carbocycles. The summed E-state index contributed by atoms with van der Waals surface area (Å²) < 4.78 is 29.3. The molecule has 1 nitrogen and oxygen atoms in total. The fraction of sp³-hybridized carbons (Fsp3) is 1.00. The fourth-order valence-corrected chi connectivity index (χ4v) is 0.719. The molecule has 3 heteroatoms. The van der Waals surface area contributed by atoms with E-state index in [1.165, 1.54) is 7.11 Å². The molecule has 0 aromatic carbocycles. The van der Waals surface area contributed by atoms with Gasteiger partial charge in [-0.3, -0.25) is 0 Å². The summed E-state index contributed by atoms with van der Waals surface area (Å²) in [7, 11) is 1.29. The molecule has 0 bridgehead atoms. The van der Waals surface area contributed by atoms with Crippen molar-refractivity contribution in [2.75, 3.05) is 13.7 Å². The molecule has 0 saturated carbocycles. The second kappa shape index (κ2) is 15.3. The summed E-state index contributed by atoms with van der Waals surface area (Å²) in [5.41, 5.74) is 0. The Bertz CT molecular complexity index is 85.4. The van der Waals surface area contributed by atoms with Gasteiger partial charge < -0.3 is 4.74 Å². The summed E-state index contributed by atoms with van der Waals surface area (Å²) in [5.74, 6) is -2.62. The van der Waals surface area contributed by atoms with E-state index in [0.29, 0.717) is 6.42 Å². The van der Waals surface area contributed by atoms with Crippen molar-refractivity contribution in [3.63, 3.8) is 0 Å². The highest BCUT2D eigenvalue weighted by molar-refractivity contribution is 4.63. The molecule has 0 aliphatic heterocycles. The Labute approximate surface area is 87.8 Å². The Balaban J connectivity index is -0.000000266. The predicted molar refractivity (Wildman–Crippen MR) is 59.0 cm³/mol. The van der Waals surface area contributed by atoms with Gasteiger partial charge in [-0.1, -0.05) is 41.0 Å². The lowest BCUT2D eigenvalue weighted by Gasteiger charge is -2.13. The Hall–Kier alpha value is -0.180. The summed E-state index contributed by atoms with van der Waals surface area (Å²) in [6.07, 6.45) is 1.31. The minimum atomic E-state index is -2.62. The predicted octanol–water partition coefficient (Wildman–Crippen LogP) is 4.51. The molecule has 0 saturated heterocycles. The van der Waals surface area contributed by atoms with Gasteiger partial charge in [-0.2, -0.15) is 0 Å². The average Bonchev–Trinajstić information content (AvgIpc) is 2.21. The van der Waals surface area contributed by atoms with Gasteiger partial charge in [0.15, 0.2) is 0 Å². The number of methoxy groups -OCH3 is 1. The zero-order valence-electron chi connectivity index (χ0n) is 10.5. The van der Waals surface area contributed by atoms with Crippen LogP contribution < -0.4 is 0 Å². The summed E-state index contributed by atoms with van der Waals surface area (Å²) in [5, 5.41) is 0. The summed E-state index contributed by atoms with van der Waals surface area (Å²) in [4.78, 5) is 0. The molecule has 0 radical (unpaired) electrons. The zero-order chi connectivity index (χ0) is 12.0. The number of unbranched alkanes of at least 4 members (excludes halogenated alkanes) is 1. The second-order valence-corrected chi connectivity index (χ2v) is 2.39. The van der Waals surface area contributed by atoms with Crippen LogP contribution in [0.15, 0.2) is 0 Å². The maximum absolute atomic E-state index is 12.5. The van der Waals surface area contributed by atoms with Crippen LogP contribution in [0.4, 0.5) is 8.78 Å².